The number of ether oxygens (including phenoxy) is 2. The summed E-state index contributed by atoms with van der Waals surface area (Å²) in [5.74, 6) is -0.0629. The van der Waals surface area contributed by atoms with E-state index in [1.54, 1.807) is 18.6 Å². The second kappa shape index (κ2) is 16.1. The van der Waals surface area contributed by atoms with Crippen molar-refractivity contribution >= 4 is 29.2 Å². The highest BCUT2D eigenvalue weighted by molar-refractivity contribution is 6.35. The van der Waals surface area contributed by atoms with Gasteiger partial charge in [-0.3, -0.25) is 4.79 Å². The van der Waals surface area contributed by atoms with Crippen molar-refractivity contribution in [3.63, 3.8) is 0 Å². The van der Waals surface area contributed by atoms with Gasteiger partial charge in [-0.05, 0) is 31.4 Å². The summed E-state index contributed by atoms with van der Waals surface area (Å²) >= 11 is 12.5. The number of hydrogen-bond donors (Lipinski definition) is 0. The van der Waals surface area contributed by atoms with E-state index in [0.29, 0.717) is 36.2 Å². The molecule has 0 spiro atoms. The Bertz CT molecular complexity index is 769. The van der Waals surface area contributed by atoms with E-state index in [-0.39, 0.29) is 12.1 Å². The first-order valence-corrected chi connectivity index (χ1v) is 12.5. The van der Waals surface area contributed by atoms with Crippen molar-refractivity contribution in [2.45, 2.75) is 83.8 Å². The zero-order chi connectivity index (χ0) is 23.0. The fraction of sp³-hybridized carbons (Fsp3) is 0.600. The molecule has 5 nitrogen and oxygen atoms in total. The van der Waals surface area contributed by atoms with Gasteiger partial charge in [-0.25, -0.2) is 4.98 Å². The highest BCUT2D eigenvalue weighted by Gasteiger charge is 2.16. The van der Waals surface area contributed by atoms with Crippen LogP contribution in [0.2, 0.25) is 10.0 Å². The monoisotopic (exact) mass is 482 g/mol. The van der Waals surface area contributed by atoms with Crippen molar-refractivity contribution < 1.29 is 14.3 Å². The van der Waals surface area contributed by atoms with E-state index in [4.69, 9.17) is 32.7 Å². The fourth-order valence-electron chi connectivity index (χ4n) is 3.50. The summed E-state index contributed by atoms with van der Waals surface area (Å²) in [7, 11) is 0. The maximum absolute atomic E-state index is 11.7. The molecule has 1 heterocycles. The molecule has 0 N–H and O–H groups in total. The van der Waals surface area contributed by atoms with Crippen LogP contribution in [0.3, 0.4) is 0 Å². The van der Waals surface area contributed by atoms with Gasteiger partial charge in [0.15, 0.2) is 0 Å². The molecule has 2 aromatic rings. The van der Waals surface area contributed by atoms with Crippen LogP contribution >= 0.6 is 23.2 Å². The van der Waals surface area contributed by atoms with Gasteiger partial charge in [0, 0.05) is 41.0 Å². The van der Waals surface area contributed by atoms with Crippen molar-refractivity contribution in [3.05, 3.63) is 52.5 Å². The first kappa shape index (κ1) is 26.7. The molecule has 1 atom stereocenters. The number of hydrogen-bond acceptors (Lipinski definition) is 4. The topological polar surface area (TPSA) is 53.4 Å². The van der Waals surface area contributed by atoms with Gasteiger partial charge in [0.25, 0.3) is 0 Å². The summed E-state index contributed by atoms with van der Waals surface area (Å²) in [5.41, 5.74) is 0.929. The average molecular weight is 483 g/mol. The number of aromatic nitrogens is 2. The third-order valence-electron chi connectivity index (χ3n) is 5.35. The quantitative estimate of drug-likeness (QED) is 0.174. The Kier molecular flexibility index (Phi) is 13.4. The Balaban J connectivity index is 1.61. The number of unbranched alkanes of at least 4 members (excludes halogenated alkanes) is 7. The van der Waals surface area contributed by atoms with Gasteiger partial charge in [-0.1, -0.05) is 74.7 Å². The Hall–Kier alpha value is -1.56. The molecule has 0 amide bonds. The van der Waals surface area contributed by atoms with Gasteiger partial charge in [0.05, 0.1) is 19.5 Å². The molecule has 1 aromatic carbocycles. The van der Waals surface area contributed by atoms with Crippen LogP contribution in [0, 0.1) is 0 Å². The first-order valence-electron chi connectivity index (χ1n) is 11.8. The lowest BCUT2D eigenvalue weighted by Gasteiger charge is -2.20. The zero-order valence-electron chi connectivity index (χ0n) is 19.1. The normalized spacial score (nSPS) is 12.1. The van der Waals surface area contributed by atoms with Gasteiger partial charge >= 0.3 is 5.97 Å². The second-order valence-electron chi connectivity index (χ2n) is 8.08. The number of nitrogens with zero attached hydrogens (tertiary/aromatic N) is 2. The van der Waals surface area contributed by atoms with Gasteiger partial charge in [-0.2, -0.15) is 0 Å². The number of benzene rings is 1. The third kappa shape index (κ3) is 10.8. The minimum Gasteiger partial charge on any atom is -0.466 e. The summed E-state index contributed by atoms with van der Waals surface area (Å²) in [6.07, 6.45) is 15.3. The summed E-state index contributed by atoms with van der Waals surface area (Å²) in [6.45, 7) is 4.03. The Labute approximate surface area is 202 Å². The first-order chi connectivity index (χ1) is 15.6. The Morgan fingerprint density at radius 1 is 1.03 bits per heavy atom. The van der Waals surface area contributed by atoms with E-state index >= 15 is 0 Å². The summed E-state index contributed by atoms with van der Waals surface area (Å²) in [4.78, 5) is 15.8. The highest BCUT2D eigenvalue weighted by atomic mass is 35.5. The van der Waals surface area contributed by atoms with E-state index in [1.807, 2.05) is 22.9 Å². The second-order valence-corrected chi connectivity index (χ2v) is 8.93. The molecule has 178 valence electrons. The minimum atomic E-state index is -0.166. The number of carbonyl (C=O) groups is 1. The molecular weight excluding hydrogens is 447 g/mol. The van der Waals surface area contributed by atoms with Gasteiger partial charge in [-0.15, -0.1) is 0 Å². The predicted molar refractivity (Wildman–Crippen MR) is 130 cm³/mol. The van der Waals surface area contributed by atoms with Crippen LogP contribution in [-0.2, 0) is 20.8 Å². The Morgan fingerprint density at radius 2 is 1.78 bits per heavy atom. The Morgan fingerprint density at radius 3 is 2.53 bits per heavy atom. The molecule has 0 aliphatic rings. The van der Waals surface area contributed by atoms with E-state index < -0.39 is 0 Å². The molecule has 0 bridgehead atoms. The lowest BCUT2D eigenvalue weighted by molar-refractivity contribution is -0.143. The summed E-state index contributed by atoms with van der Waals surface area (Å²) in [5, 5.41) is 1.22. The van der Waals surface area contributed by atoms with Crippen molar-refractivity contribution in [2.24, 2.45) is 0 Å². The number of carbonyl (C=O) groups excluding carboxylic acids is 1. The molecule has 1 unspecified atom stereocenters. The van der Waals surface area contributed by atoms with Crippen LogP contribution in [0.1, 0.15) is 82.8 Å². The lowest BCUT2D eigenvalue weighted by Crippen LogP contribution is -2.13. The molecule has 7 heteroatoms. The highest BCUT2D eigenvalue weighted by Crippen LogP contribution is 2.30. The molecule has 0 fully saturated rings. The molecular formula is C25H36Cl2N2O3. The number of rotatable bonds is 17. The molecule has 1 aromatic heterocycles. The maximum atomic E-state index is 11.7. The molecule has 0 saturated carbocycles. The lowest BCUT2D eigenvalue weighted by atomic mass is 10.1. The van der Waals surface area contributed by atoms with Crippen molar-refractivity contribution in [2.75, 3.05) is 13.2 Å². The minimum absolute atomic E-state index is 0.0629. The summed E-state index contributed by atoms with van der Waals surface area (Å²) in [6, 6.07) is 5.51. The number of esters is 1. The largest absolute Gasteiger partial charge is 0.466 e. The SMILES string of the molecule is CCCCCCOC(=O)CCCCCCCOC(Cn1ccnc1)c1ccc(Cl)cc1Cl. The van der Waals surface area contributed by atoms with Crippen molar-refractivity contribution in [1.82, 2.24) is 9.55 Å². The predicted octanol–water partition coefficient (Wildman–Crippen LogP) is 7.41. The van der Waals surface area contributed by atoms with E-state index in [1.165, 1.54) is 12.8 Å². The van der Waals surface area contributed by atoms with Crippen LogP contribution in [0.5, 0.6) is 0 Å². The van der Waals surface area contributed by atoms with Crippen LogP contribution < -0.4 is 0 Å². The van der Waals surface area contributed by atoms with E-state index in [0.717, 1.165) is 50.5 Å². The standard InChI is InChI=1S/C25H36Cl2N2O3/c1-2-3-4-9-17-32-25(30)11-8-6-5-7-10-16-31-24(19-29-15-14-28-20-29)22-13-12-21(26)18-23(22)27/h12-15,18,20,24H,2-11,16-17,19H2,1H3. The van der Waals surface area contributed by atoms with Gasteiger partial charge in [0.1, 0.15) is 6.10 Å². The van der Waals surface area contributed by atoms with Crippen molar-refractivity contribution in [3.8, 4) is 0 Å². The molecule has 2 rings (SSSR count). The molecule has 0 aliphatic carbocycles. The maximum Gasteiger partial charge on any atom is 0.305 e. The van der Waals surface area contributed by atoms with E-state index in [9.17, 15) is 4.79 Å². The van der Waals surface area contributed by atoms with E-state index in [2.05, 4.69) is 11.9 Å². The fourth-order valence-corrected chi connectivity index (χ4v) is 4.03. The zero-order valence-corrected chi connectivity index (χ0v) is 20.6. The number of imidazole rings is 1. The number of halogens is 2. The molecule has 32 heavy (non-hydrogen) atoms. The van der Waals surface area contributed by atoms with Crippen LogP contribution in [0.4, 0.5) is 0 Å². The van der Waals surface area contributed by atoms with Crippen LogP contribution in [0.15, 0.2) is 36.9 Å². The van der Waals surface area contributed by atoms with Crippen molar-refractivity contribution in [1.29, 1.82) is 0 Å². The van der Waals surface area contributed by atoms with Crippen LogP contribution in [0.25, 0.3) is 0 Å². The van der Waals surface area contributed by atoms with Gasteiger partial charge < -0.3 is 14.0 Å². The summed E-state index contributed by atoms with van der Waals surface area (Å²) < 4.78 is 13.5. The average Bonchev–Trinajstić information content (AvgIpc) is 3.28. The van der Waals surface area contributed by atoms with Gasteiger partial charge in [0.2, 0.25) is 0 Å². The molecule has 0 radical (unpaired) electrons. The smallest absolute Gasteiger partial charge is 0.305 e. The van der Waals surface area contributed by atoms with Crippen LogP contribution in [-0.4, -0.2) is 28.7 Å². The molecule has 0 aliphatic heterocycles. The molecule has 0 saturated heterocycles. The third-order valence-corrected chi connectivity index (χ3v) is 5.91.